The summed E-state index contributed by atoms with van der Waals surface area (Å²) in [5.74, 6) is -3.05. The van der Waals surface area contributed by atoms with Crippen LogP contribution >= 0.6 is 34.8 Å². The average Bonchev–Trinajstić information content (AvgIpc) is 2.31. The van der Waals surface area contributed by atoms with Gasteiger partial charge < -0.3 is 10.4 Å². The van der Waals surface area contributed by atoms with Gasteiger partial charge >= 0.3 is 5.97 Å². The van der Waals surface area contributed by atoms with Crippen molar-refractivity contribution >= 4 is 52.4 Å². The van der Waals surface area contributed by atoms with E-state index in [2.05, 4.69) is 5.32 Å². The number of anilines is 1. The first-order valence-corrected chi connectivity index (χ1v) is 6.55. The molecule has 0 aliphatic rings. The molecule has 0 heterocycles. The predicted octanol–water partition coefficient (Wildman–Crippen LogP) is 3.94. The zero-order chi connectivity index (χ0) is 14.7. The molecule has 0 fully saturated rings. The summed E-state index contributed by atoms with van der Waals surface area (Å²) in [6.45, 7) is 2.98. The molecule has 4 nitrogen and oxygen atoms in total. The molecule has 0 saturated carbocycles. The van der Waals surface area contributed by atoms with Crippen LogP contribution in [0.1, 0.15) is 13.8 Å². The second kappa shape index (κ2) is 6.46. The zero-order valence-electron chi connectivity index (χ0n) is 10.2. The minimum Gasteiger partial charge on any atom is -0.481 e. The van der Waals surface area contributed by atoms with Gasteiger partial charge in [0.15, 0.2) is 0 Å². The Hall–Kier alpha value is -0.970. The molecule has 2 N–H and O–H groups in total. The molecule has 0 spiro atoms. The molecule has 0 radical (unpaired) electrons. The number of rotatable bonds is 4. The van der Waals surface area contributed by atoms with Crippen molar-refractivity contribution in [3.05, 3.63) is 27.2 Å². The van der Waals surface area contributed by atoms with Crippen LogP contribution in [0, 0.1) is 11.8 Å². The molecule has 0 aliphatic heterocycles. The molecule has 0 aliphatic carbocycles. The van der Waals surface area contributed by atoms with E-state index in [4.69, 9.17) is 39.9 Å². The molecule has 1 aromatic rings. The van der Waals surface area contributed by atoms with Crippen LogP contribution in [-0.4, -0.2) is 17.0 Å². The Bertz CT molecular complexity index is 496. The average molecular weight is 325 g/mol. The van der Waals surface area contributed by atoms with Crippen molar-refractivity contribution in [1.82, 2.24) is 0 Å². The molecule has 1 aromatic carbocycles. The molecule has 1 amide bonds. The number of hydrogen-bond acceptors (Lipinski definition) is 2. The van der Waals surface area contributed by atoms with Crippen LogP contribution in [0.4, 0.5) is 5.69 Å². The third kappa shape index (κ3) is 4.00. The maximum atomic E-state index is 11.9. The highest BCUT2D eigenvalue weighted by Crippen LogP contribution is 2.34. The van der Waals surface area contributed by atoms with E-state index in [0.29, 0.717) is 5.02 Å². The summed E-state index contributed by atoms with van der Waals surface area (Å²) < 4.78 is 0. The summed E-state index contributed by atoms with van der Waals surface area (Å²) in [6.07, 6.45) is 0. The molecule has 19 heavy (non-hydrogen) atoms. The van der Waals surface area contributed by atoms with Crippen molar-refractivity contribution < 1.29 is 14.7 Å². The van der Waals surface area contributed by atoms with Crippen LogP contribution in [0.15, 0.2) is 12.1 Å². The number of carbonyl (C=O) groups excluding carboxylic acids is 1. The fraction of sp³-hybridized carbons (Fsp3) is 0.333. The first-order valence-electron chi connectivity index (χ1n) is 5.42. The normalized spacial score (nSPS) is 13.7. The van der Waals surface area contributed by atoms with Crippen LogP contribution < -0.4 is 5.32 Å². The van der Waals surface area contributed by atoms with Gasteiger partial charge in [-0.2, -0.15) is 0 Å². The minimum absolute atomic E-state index is 0.195. The Morgan fingerprint density at radius 3 is 2.00 bits per heavy atom. The third-order valence-corrected chi connectivity index (χ3v) is 3.62. The second-order valence-electron chi connectivity index (χ2n) is 4.15. The maximum absolute atomic E-state index is 11.9. The van der Waals surface area contributed by atoms with Crippen molar-refractivity contribution in [2.75, 3.05) is 5.32 Å². The van der Waals surface area contributed by atoms with E-state index >= 15 is 0 Å². The van der Waals surface area contributed by atoms with Crippen LogP contribution in [0.5, 0.6) is 0 Å². The topological polar surface area (TPSA) is 66.4 Å². The van der Waals surface area contributed by atoms with E-state index in [0.717, 1.165) is 0 Å². The van der Waals surface area contributed by atoms with Crippen LogP contribution in [0.3, 0.4) is 0 Å². The van der Waals surface area contributed by atoms with Crippen molar-refractivity contribution in [2.45, 2.75) is 13.8 Å². The number of halogens is 3. The Kier molecular flexibility index (Phi) is 5.47. The quantitative estimate of drug-likeness (QED) is 0.881. The number of aliphatic carboxylic acids is 1. The van der Waals surface area contributed by atoms with E-state index in [9.17, 15) is 9.59 Å². The molecule has 0 aromatic heterocycles. The monoisotopic (exact) mass is 323 g/mol. The van der Waals surface area contributed by atoms with Gasteiger partial charge in [-0.3, -0.25) is 9.59 Å². The van der Waals surface area contributed by atoms with Crippen LogP contribution in [0.25, 0.3) is 0 Å². The lowest BCUT2D eigenvalue weighted by atomic mass is 9.95. The van der Waals surface area contributed by atoms with Gasteiger partial charge in [0.2, 0.25) is 5.91 Å². The Morgan fingerprint density at radius 1 is 1.11 bits per heavy atom. The van der Waals surface area contributed by atoms with Crippen molar-refractivity contribution in [3.63, 3.8) is 0 Å². The second-order valence-corrected chi connectivity index (χ2v) is 5.40. The van der Waals surface area contributed by atoms with E-state index in [1.165, 1.54) is 26.0 Å². The van der Waals surface area contributed by atoms with Gasteiger partial charge in [0.1, 0.15) is 0 Å². The summed E-state index contributed by atoms with van der Waals surface area (Å²) in [4.78, 5) is 22.7. The van der Waals surface area contributed by atoms with E-state index in [1.54, 1.807) is 0 Å². The number of amides is 1. The number of nitrogens with one attached hydrogen (secondary N) is 1. The molecule has 7 heteroatoms. The van der Waals surface area contributed by atoms with Gasteiger partial charge in [0.05, 0.1) is 21.7 Å². The van der Waals surface area contributed by atoms with E-state index in [1.807, 2.05) is 0 Å². The number of carboxylic acid groups (broad SMARTS) is 1. The van der Waals surface area contributed by atoms with Crippen molar-refractivity contribution in [3.8, 4) is 0 Å². The summed E-state index contributed by atoms with van der Waals surface area (Å²) in [5, 5.41) is 12.1. The van der Waals surface area contributed by atoms with Crippen molar-refractivity contribution in [1.29, 1.82) is 0 Å². The summed E-state index contributed by atoms with van der Waals surface area (Å²) >= 11 is 17.6. The first kappa shape index (κ1) is 16.1. The Balaban J connectivity index is 2.92. The highest BCUT2D eigenvalue weighted by atomic mass is 35.5. The van der Waals surface area contributed by atoms with Gasteiger partial charge in [-0.25, -0.2) is 0 Å². The van der Waals surface area contributed by atoms with Gasteiger partial charge in [-0.05, 0) is 12.1 Å². The molecule has 2 unspecified atom stereocenters. The molecule has 1 rings (SSSR count). The predicted molar refractivity (Wildman–Crippen MR) is 76.1 cm³/mol. The smallest absolute Gasteiger partial charge is 0.307 e. The number of carboxylic acids is 1. The van der Waals surface area contributed by atoms with E-state index < -0.39 is 23.7 Å². The SMILES string of the molecule is CC(C(=O)O)C(C)C(=O)Nc1c(Cl)cc(Cl)cc1Cl. The van der Waals surface area contributed by atoms with Gasteiger partial charge in [-0.1, -0.05) is 48.7 Å². The van der Waals surface area contributed by atoms with Crippen LogP contribution in [-0.2, 0) is 9.59 Å². The number of hydrogen-bond donors (Lipinski definition) is 2. The van der Waals surface area contributed by atoms with E-state index in [-0.39, 0.29) is 15.7 Å². The minimum atomic E-state index is -1.05. The standard InChI is InChI=1S/C12H12Cl3NO3/c1-5(6(2)12(18)19)11(17)16-10-8(14)3-7(13)4-9(10)15/h3-6H,1-2H3,(H,16,17)(H,18,19). The molecular formula is C12H12Cl3NO3. The third-order valence-electron chi connectivity index (χ3n) is 2.81. The highest BCUT2D eigenvalue weighted by Gasteiger charge is 2.26. The Labute approximate surface area is 125 Å². The fourth-order valence-electron chi connectivity index (χ4n) is 1.34. The number of carbonyl (C=O) groups is 2. The zero-order valence-corrected chi connectivity index (χ0v) is 12.5. The summed E-state index contributed by atoms with van der Waals surface area (Å²) in [7, 11) is 0. The van der Waals surface area contributed by atoms with Gasteiger partial charge in [0, 0.05) is 10.9 Å². The fourth-order valence-corrected chi connectivity index (χ4v) is 2.25. The molecule has 2 atom stereocenters. The molecule has 0 saturated heterocycles. The first-order chi connectivity index (χ1) is 8.73. The van der Waals surface area contributed by atoms with Crippen LogP contribution in [0.2, 0.25) is 15.1 Å². The molecule has 0 bridgehead atoms. The maximum Gasteiger partial charge on any atom is 0.307 e. The molecular weight excluding hydrogens is 312 g/mol. The lowest BCUT2D eigenvalue weighted by Gasteiger charge is -2.17. The summed E-state index contributed by atoms with van der Waals surface area (Å²) in [6, 6.07) is 2.88. The highest BCUT2D eigenvalue weighted by molar-refractivity contribution is 6.42. The lowest BCUT2D eigenvalue weighted by molar-refractivity contribution is -0.145. The van der Waals surface area contributed by atoms with Crippen molar-refractivity contribution in [2.24, 2.45) is 11.8 Å². The lowest BCUT2D eigenvalue weighted by Crippen LogP contribution is -2.30. The molecule has 104 valence electrons. The van der Waals surface area contributed by atoms with Gasteiger partial charge in [-0.15, -0.1) is 0 Å². The summed E-state index contributed by atoms with van der Waals surface area (Å²) in [5.41, 5.74) is 0.224. The Morgan fingerprint density at radius 2 is 1.58 bits per heavy atom. The van der Waals surface area contributed by atoms with Gasteiger partial charge in [0.25, 0.3) is 0 Å². The largest absolute Gasteiger partial charge is 0.481 e. The number of benzene rings is 1.